The van der Waals surface area contributed by atoms with Crippen LogP contribution >= 0.6 is 15.9 Å². The molecule has 116 valence electrons. The van der Waals surface area contributed by atoms with Gasteiger partial charge in [0, 0.05) is 12.1 Å². The highest BCUT2D eigenvalue weighted by molar-refractivity contribution is 9.10. The first-order valence-corrected chi connectivity index (χ1v) is 6.94. The van der Waals surface area contributed by atoms with Crippen LogP contribution in [0.5, 0.6) is 0 Å². The van der Waals surface area contributed by atoms with E-state index in [1.165, 1.54) is 12.1 Å². The molecule has 0 saturated heterocycles. The fourth-order valence-electron chi connectivity index (χ4n) is 1.60. The summed E-state index contributed by atoms with van der Waals surface area (Å²) in [4.78, 5) is 19.8. The van der Waals surface area contributed by atoms with Gasteiger partial charge in [0.05, 0.1) is 14.3 Å². The number of nitrogens with zero attached hydrogens (tertiary/aromatic N) is 2. The molecule has 2 aromatic carbocycles. The van der Waals surface area contributed by atoms with E-state index in [9.17, 15) is 20.2 Å². The molecule has 0 atom stereocenters. The lowest BCUT2D eigenvalue weighted by Crippen LogP contribution is -1.96. The van der Waals surface area contributed by atoms with E-state index in [0.29, 0.717) is 4.47 Å². The van der Waals surface area contributed by atoms with E-state index >= 15 is 0 Å². The Bertz CT molecular complexity index is 658. The maximum absolute atomic E-state index is 10.3. The lowest BCUT2D eigenvalue weighted by Gasteiger charge is -1.98. The van der Waals surface area contributed by atoms with E-state index in [0.717, 1.165) is 11.1 Å². The molecule has 0 saturated carbocycles. The van der Waals surface area contributed by atoms with Gasteiger partial charge in [-0.3, -0.25) is 20.2 Å². The SMILES string of the molecule is Cc1cccc([N+](=O)[O-])c1Br.Cc1cccc([N+](=O)[O-])c1N. The number of nitro groups is 2. The summed E-state index contributed by atoms with van der Waals surface area (Å²) in [5.41, 5.74) is 7.39. The van der Waals surface area contributed by atoms with Crippen molar-refractivity contribution in [3.05, 3.63) is 72.2 Å². The van der Waals surface area contributed by atoms with Gasteiger partial charge < -0.3 is 5.73 Å². The zero-order valence-corrected chi connectivity index (χ0v) is 13.5. The van der Waals surface area contributed by atoms with Crippen molar-refractivity contribution in [3.8, 4) is 0 Å². The lowest BCUT2D eigenvalue weighted by molar-refractivity contribution is -0.385. The average molecular weight is 368 g/mol. The van der Waals surface area contributed by atoms with E-state index in [1.54, 1.807) is 25.1 Å². The minimum atomic E-state index is -0.484. The first kappa shape index (κ1) is 17.6. The Kier molecular flexibility index (Phi) is 6.00. The minimum absolute atomic E-state index is 0.0231. The smallest absolute Gasteiger partial charge is 0.292 e. The molecule has 0 spiro atoms. The number of benzene rings is 2. The lowest BCUT2D eigenvalue weighted by atomic mass is 10.2. The highest BCUT2D eigenvalue weighted by Gasteiger charge is 2.11. The Hall–Kier alpha value is -2.48. The molecule has 0 bridgehead atoms. The van der Waals surface area contributed by atoms with Crippen molar-refractivity contribution in [2.75, 3.05) is 5.73 Å². The Labute approximate surface area is 135 Å². The van der Waals surface area contributed by atoms with E-state index in [2.05, 4.69) is 15.9 Å². The van der Waals surface area contributed by atoms with Crippen LogP contribution in [-0.4, -0.2) is 9.85 Å². The molecule has 2 N–H and O–H groups in total. The molecule has 22 heavy (non-hydrogen) atoms. The molecule has 0 aliphatic heterocycles. The molecule has 8 heteroatoms. The second kappa shape index (κ2) is 7.51. The van der Waals surface area contributed by atoms with Crippen molar-refractivity contribution in [1.29, 1.82) is 0 Å². The third-order valence-electron chi connectivity index (χ3n) is 2.87. The topological polar surface area (TPSA) is 112 Å². The second-order valence-electron chi connectivity index (χ2n) is 4.43. The Morgan fingerprint density at radius 2 is 1.36 bits per heavy atom. The van der Waals surface area contributed by atoms with Crippen LogP contribution in [0, 0.1) is 34.1 Å². The standard InChI is InChI=1S/C7H6BrNO2.C7H8N2O2/c2*1-5-3-2-4-6(7(5)8)9(10)11/h2-4H,1H3;2-4H,8H2,1H3. The minimum Gasteiger partial charge on any atom is -0.393 e. The van der Waals surface area contributed by atoms with Gasteiger partial charge in [-0.05, 0) is 40.9 Å². The number of para-hydroxylation sites is 1. The normalized spacial score (nSPS) is 9.59. The maximum atomic E-state index is 10.3. The van der Waals surface area contributed by atoms with Gasteiger partial charge >= 0.3 is 0 Å². The third-order valence-corrected chi connectivity index (χ3v) is 3.90. The van der Waals surface area contributed by atoms with Crippen LogP contribution < -0.4 is 5.73 Å². The number of nitrogen functional groups attached to an aromatic ring is 1. The van der Waals surface area contributed by atoms with Crippen LogP contribution in [0.4, 0.5) is 17.1 Å². The van der Waals surface area contributed by atoms with E-state index in [4.69, 9.17) is 5.73 Å². The van der Waals surface area contributed by atoms with Crippen LogP contribution in [-0.2, 0) is 0 Å². The molecule has 2 rings (SSSR count). The Morgan fingerprint density at radius 1 is 0.909 bits per heavy atom. The number of aryl methyl sites for hydroxylation is 2. The highest BCUT2D eigenvalue weighted by Crippen LogP contribution is 2.27. The van der Waals surface area contributed by atoms with Gasteiger partial charge in [0.2, 0.25) is 0 Å². The van der Waals surface area contributed by atoms with Gasteiger partial charge in [-0.1, -0.05) is 24.3 Å². The molecule has 0 aliphatic rings. The number of rotatable bonds is 2. The number of nitrogens with two attached hydrogens (primary N) is 1. The van der Waals surface area contributed by atoms with Gasteiger partial charge in [0.25, 0.3) is 11.4 Å². The van der Waals surface area contributed by atoms with Crippen molar-refractivity contribution in [3.63, 3.8) is 0 Å². The van der Waals surface area contributed by atoms with E-state index in [-0.39, 0.29) is 17.1 Å². The summed E-state index contributed by atoms with van der Waals surface area (Å²) < 4.78 is 0.560. The summed E-state index contributed by atoms with van der Waals surface area (Å²) in [7, 11) is 0. The van der Waals surface area contributed by atoms with Crippen molar-refractivity contribution in [2.24, 2.45) is 0 Å². The zero-order valence-electron chi connectivity index (χ0n) is 11.9. The molecule has 0 amide bonds. The van der Waals surface area contributed by atoms with Gasteiger partial charge in [0.1, 0.15) is 5.69 Å². The molecular formula is C14H14BrN3O4. The molecule has 2 aromatic rings. The number of hydrogen-bond donors (Lipinski definition) is 1. The monoisotopic (exact) mass is 367 g/mol. The molecule has 0 radical (unpaired) electrons. The first-order chi connectivity index (χ1) is 10.3. The predicted molar refractivity (Wildman–Crippen MR) is 87.8 cm³/mol. The fraction of sp³-hybridized carbons (Fsp3) is 0.143. The quantitative estimate of drug-likeness (QED) is 0.486. The molecular weight excluding hydrogens is 354 g/mol. The van der Waals surface area contributed by atoms with Crippen LogP contribution in [0.1, 0.15) is 11.1 Å². The van der Waals surface area contributed by atoms with Crippen LogP contribution in [0.25, 0.3) is 0 Å². The van der Waals surface area contributed by atoms with Crippen molar-refractivity contribution in [2.45, 2.75) is 13.8 Å². The molecule has 7 nitrogen and oxygen atoms in total. The number of anilines is 1. The van der Waals surface area contributed by atoms with Crippen molar-refractivity contribution < 1.29 is 9.85 Å². The second-order valence-corrected chi connectivity index (χ2v) is 5.22. The summed E-state index contributed by atoms with van der Waals surface area (Å²) in [6.45, 7) is 3.55. The van der Waals surface area contributed by atoms with E-state index < -0.39 is 9.85 Å². The summed E-state index contributed by atoms with van der Waals surface area (Å²) >= 11 is 3.14. The van der Waals surface area contributed by atoms with Crippen molar-refractivity contribution >= 4 is 33.0 Å². The summed E-state index contributed by atoms with van der Waals surface area (Å²) in [5, 5.41) is 20.6. The molecule has 0 aliphatic carbocycles. The Morgan fingerprint density at radius 3 is 1.77 bits per heavy atom. The Balaban J connectivity index is 0.000000220. The van der Waals surface area contributed by atoms with Gasteiger partial charge in [-0.2, -0.15) is 0 Å². The molecule has 0 heterocycles. The molecule has 0 unspecified atom stereocenters. The predicted octanol–water partition coefficient (Wildman–Crippen LogP) is 4.15. The fourth-order valence-corrected chi connectivity index (χ4v) is 2.01. The van der Waals surface area contributed by atoms with Crippen LogP contribution in [0.15, 0.2) is 40.9 Å². The maximum Gasteiger partial charge on any atom is 0.292 e. The summed E-state index contributed by atoms with van der Waals surface area (Å²) in [5.74, 6) is 0. The average Bonchev–Trinajstić information content (AvgIpc) is 2.45. The third kappa shape index (κ3) is 4.26. The summed E-state index contributed by atoms with van der Waals surface area (Å²) in [6.07, 6.45) is 0. The number of halogens is 1. The van der Waals surface area contributed by atoms with Crippen LogP contribution in [0.3, 0.4) is 0 Å². The van der Waals surface area contributed by atoms with E-state index in [1.807, 2.05) is 13.0 Å². The summed E-state index contributed by atoms with van der Waals surface area (Å²) in [6, 6.07) is 9.70. The first-order valence-electron chi connectivity index (χ1n) is 6.14. The largest absolute Gasteiger partial charge is 0.393 e. The van der Waals surface area contributed by atoms with Crippen LogP contribution in [0.2, 0.25) is 0 Å². The highest BCUT2D eigenvalue weighted by atomic mass is 79.9. The van der Waals surface area contributed by atoms with Gasteiger partial charge in [0.15, 0.2) is 0 Å². The number of hydrogen-bond acceptors (Lipinski definition) is 5. The number of nitro benzene ring substituents is 2. The molecule has 0 aromatic heterocycles. The zero-order chi connectivity index (χ0) is 16.9. The van der Waals surface area contributed by atoms with Gasteiger partial charge in [-0.25, -0.2) is 0 Å². The van der Waals surface area contributed by atoms with Crippen molar-refractivity contribution in [1.82, 2.24) is 0 Å². The molecule has 0 fully saturated rings. The van der Waals surface area contributed by atoms with Gasteiger partial charge in [-0.15, -0.1) is 0 Å².